The molecule has 0 radical (unpaired) electrons. The summed E-state index contributed by atoms with van der Waals surface area (Å²) in [6, 6.07) is 18.2. The maximum Gasteiger partial charge on any atom is 0.166 e. The van der Waals surface area contributed by atoms with Gasteiger partial charge in [0.2, 0.25) is 0 Å². The third-order valence-corrected chi connectivity index (χ3v) is 7.99. The number of hydrogen-bond donors (Lipinski definition) is 2. The summed E-state index contributed by atoms with van der Waals surface area (Å²) in [7, 11) is 0. The van der Waals surface area contributed by atoms with E-state index in [2.05, 4.69) is 50.5 Å². The van der Waals surface area contributed by atoms with Crippen molar-refractivity contribution in [3.8, 4) is 17.6 Å². The maximum absolute atomic E-state index is 14.1. The Morgan fingerprint density at radius 2 is 1.93 bits per heavy atom. The maximum atomic E-state index is 14.1. The molecule has 9 heteroatoms. The SMILES string of the molecule is Cc1cc(Br)cc(NC[C@@H]2CCO2)c1NCCN1CCC(Oc2cccc(COc3ccc(C#N)cc3F)c2)CC1. The van der Waals surface area contributed by atoms with Crippen molar-refractivity contribution >= 4 is 27.3 Å². The third-order valence-electron chi connectivity index (χ3n) is 7.53. The van der Waals surface area contributed by atoms with E-state index in [1.165, 1.54) is 17.7 Å². The van der Waals surface area contributed by atoms with Crippen molar-refractivity contribution in [2.45, 2.75) is 45.0 Å². The molecule has 0 aromatic heterocycles. The molecule has 2 fully saturated rings. The van der Waals surface area contributed by atoms with Gasteiger partial charge in [-0.2, -0.15) is 5.26 Å². The van der Waals surface area contributed by atoms with Gasteiger partial charge in [0.05, 0.1) is 29.1 Å². The summed E-state index contributed by atoms with van der Waals surface area (Å²) in [5, 5.41) is 16.1. The van der Waals surface area contributed by atoms with Crippen LogP contribution in [0, 0.1) is 24.1 Å². The van der Waals surface area contributed by atoms with Gasteiger partial charge < -0.3 is 29.7 Å². The Bertz CT molecular complexity index is 1370. The molecule has 7 nitrogen and oxygen atoms in total. The van der Waals surface area contributed by atoms with Gasteiger partial charge in [-0.1, -0.05) is 28.1 Å². The molecule has 0 amide bonds. The Morgan fingerprint density at radius 1 is 1.10 bits per heavy atom. The van der Waals surface area contributed by atoms with Crippen LogP contribution in [0.4, 0.5) is 15.8 Å². The van der Waals surface area contributed by atoms with Gasteiger partial charge in [0.1, 0.15) is 18.5 Å². The van der Waals surface area contributed by atoms with Crippen LogP contribution >= 0.6 is 15.9 Å². The van der Waals surface area contributed by atoms with Gasteiger partial charge in [0.25, 0.3) is 0 Å². The summed E-state index contributed by atoms with van der Waals surface area (Å²) in [5.74, 6) is 0.384. The molecular formula is C32H36BrFN4O3. The molecule has 3 aromatic rings. The molecular weight excluding hydrogens is 587 g/mol. The van der Waals surface area contributed by atoms with Gasteiger partial charge in [-0.05, 0) is 79.8 Å². The van der Waals surface area contributed by atoms with Crippen LogP contribution in [0.3, 0.4) is 0 Å². The number of anilines is 2. The minimum Gasteiger partial charge on any atom is -0.490 e. The Balaban J connectivity index is 1.05. The minimum atomic E-state index is -0.540. The highest BCUT2D eigenvalue weighted by atomic mass is 79.9. The quantitative estimate of drug-likeness (QED) is 0.239. The molecule has 41 heavy (non-hydrogen) atoms. The van der Waals surface area contributed by atoms with Crippen molar-refractivity contribution in [2.24, 2.45) is 0 Å². The van der Waals surface area contributed by atoms with E-state index in [0.717, 1.165) is 85.8 Å². The van der Waals surface area contributed by atoms with Crippen molar-refractivity contribution in [3.63, 3.8) is 0 Å². The van der Waals surface area contributed by atoms with Gasteiger partial charge in [-0.25, -0.2) is 4.39 Å². The number of ether oxygens (including phenoxy) is 3. The van der Waals surface area contributed by atoms with Crippen molar-refractivity contribution in [1.29, 1.82) is 5.26 Å². The second-order valence-electron chi connectivity index (χ2n) is 10.6. The predicted octanol–water partition coefficient (Wildman–Crippen LogP) is 6.50. The van der Waals surface area contributed by atoms with Gasteiger partial charge in [0.15, 0.2) is 11.6 Å². The molecule has 2 N–H and O–H groups in total. The first-order valence-corrected chi connectivity index (χ1v) is 15.0. The average molecular weight is 624 g/mol. The molecule has 0 bridgehead atoms. The highest BCUT2D eigenvalue weighted by molar-refractivity contribution is 9.10. The summed E-state index contributed by atoms with van der Waals surface area (Å²) in [5.41, 5.74) is 4.62. The van der Waals surface area contributed by atoms with E-state index in [-0.39, 0.29) is 24.0 Å². The van der Waals surface area contributed by atoms with Gasteiger partial charge >= 0.3 is 0 Å². The fourth-order valence-corrected chi connectivity index (χ4v) is 5.70. The first kappa shape index (κ1) is 29.2. The summed E-state index contributed by atoms with van der Waals surface area (Å²) in [6.45, 7) is 7.83. The van der Waals surface area contributed by atoms with Crippen molar-refractivity contribution in [1.82, 2.24) is 4.90 Å². The smallest absolute Gasteiger partial charge is 0.166 e. The number of nitrogens with one attached hydrogen (secondary N) is 2. The fourth-order valence-electron chi connectivity index (χ4n) is 5.13. The predicted molar refractivity (Wildman–Crippen MR) is 162 cm³/mol. The van der Waals surface area contributed by atoms with Crippen molar-refractivity contribution in [2.75, 3.05) is 50.0 Å². The number of nitrogens with zero attached hydrogens (tertiary/aromatic N) is 2. The Hall–Kier alpha value is -3.32. The van der Waals surface area contributed by atoms with Crippen LogP contribution in [-0.4, -0.2) is 56.4 Å². The topological polar surface area (TPSA) is 78.8 Å². The van der Waals surface area contributed by atoms with Gasteiger partial charge in [0, 0.05) is 43.8 Å². The van der Waals surface area contributed by atoms with E-state index >= 15 is 0 Å². The first-order chi connectivity index (χ1) is 20.0. The van der Waals surface area contributed by atoms with Crippen LogP contribution in [0.2, 0.25) is 0 Å². The van der Waals surface area contributed by atoms with E-state index < -0.39 is 5.82 Å². The molecule has 2 heterocycles. The highest BCUT2D eigenvalue weighted by Gasteiger charge is 2.21. The zero-order chi connectivity index (χ0) is 28.6. The van der Waals surface area contributed by atoms with Crippen LogP contribution in [-0.2, 0) is 11.3 Å². The molecule has 0 unspecified atom stereocenters. The van der Waals surface area contributed by atoms with E-state index in [1.807, 2.05) is 30.3 Å². The minimum absolute atomic E-state index is 0.128. The molecule has 0 spiro atoms. The summed E-state index contributed by atoms with van der Waals surface area (Å²) >= 11 is 3.63. The second-order valence-corrected chi connectivity index (χ2v) is 11.5. The Kier molecular flexibility index (Phi) is 9.99. The number of nitriles is 1. The second kappa shape index (κ2) is 14.0. The molecule has 0 aliphatic carbocycles. The molecule has 0 saturated carbocycles. The van der Waals surface area contributed by atoms with Crippen LogP contribution < -0.4 is 20.1 Å². The van der Waals surface area contributed by atoms with Crippen molar-refractivity contribution < 1.29 is 18.6 Å². The van der Waals surface area contributed by atoms with Crippen LogP contribution in [0.25, 0.3) is 0 Å². The van der Waals surface area contributed by atoms with Crippen LogP contribution in [0.5, 0.6) is 11.5 Å². The lowest BCUT2D eigenvalue weighted by Crippen LogP contribution is -2.40. The standard InChI is InChI=1S/C32H36BrFN4O3/c1-22-15-25(33)18-30(37-20-28-9-14-39-28)32(22)36-10-13-38-11-7-26(8-12-38)41-27-4-2-3-24(16-27)21-40-31-6-5-23(19-35)17-29(31)34/h2-6,15-18,26,28,36-37H,7-14,20-21H2,1H3/t28-/m0/s1. The highest BCUT2D eigenvalue weighted by Crippen LogP contribution is 2.31. The van der Waals surface area contributed by atoms with Crippen LogP contribution in [0.1, 0.15) is 36.0 Å². The Labute approximate surface area is 249 Å². The fraction of sp³-hybridized carbons (Fsp3) is 0.406. The number of aryl methyl sites for hydroxylation is 1. The first-order valence-electron chi connectivity index (χ1n) is 14.2. The molecule has 216 valence electrons. The number of rotatable bonds is 12. The van der Waals surface area contributed by atoms with Gasteiger partial charge in [-0.15, -0.1) is 0 Å². The average Bonchev–Trinajstić information content (AvgIpc) is 2.94. The van der Waals surface area contributed by atoms with E-state index in [4.69, 9.17) is 19.5 Å². The zero-order valence-electron chi connectivity index (χ0n) is 23.3. The lowest BCUT2D eigenvalue weighted by atomic mass is 10.1. The summed E-state index contributed by atoms with van der Waals surface area (Å²) in [4.78, 5) is 2.48. The molecule has 5 rings (SSSR count). The lowest BCUT2D eigenvalue weighted by molar-refractivity contribution is -0.0410. The number of piperidine rings is 1. The normalized spacial score (nSPS) is 17.4. The number of hydrogen-bond acceptors (Lipinski definition) is 7. The zero-order valence-corrected chi connectivity index (χ0v) is 24.9. The Morgan fingerprint density at radius 3 is 2.66 bits per heavy atom. The molecule has 2 aliphatic rings. The largest absolute Gasteiger partial charge is 0.490 e. The molecule has 2 saturated heterocycles. The molecule has 3 aromatic carbocycles. The van der Waals surface area contributed by atoms with Crippen molar-refractivity contribution in [3.05, 3.63) is 81.6 Å². The number of halogens is 2. The summed E-state index contributed by atoms with van der Waals surface area (Å²) in [6.07, 6.45) is 3.50. The monoisotopic (exact) mass is 622 g/mol. The number of likely N-dealkylation sites (tertiary alicyclic amines) is 1. The van der Waals surface area contributed by atoms with E-state index in [0.29, 0.717) is 6.10 Å². The van der Waals surface area contributed by atoms with E-state index in [9.17, 15) is 4.39 Å². The lowest BCUT2D eigenvalue weighted by Gasteiger charge is -2.32. The van der Waals surface area contributed by atoms with E-state index in [1.54, 1.807) is 6.07 Å². The summed E-state index contributed by atoms with van der Waals surface area (Å²) < 4.78 is 32.7. The van der Waals surface area contributed by atoms with Gasteiger partial charge in [-0.3, -0.25) is 0 Å². The van der Waals surface area contributed by atoms with Crippen LogP contribution in [0.15, 0.2) is 59.1 Å². The molecule has 1 atom stereocenters. The molecule has 2 aliphatic heterocycles. The number of benzene rings is 3. The third kappa shape index (κ3) is 8.13.